The van der Waals surface area contributed by atoms with Gasteiger partial charge >= 0.3 is 0 Å². The molecule has 16 heavy (non-hydrogen) atoms. The van der Waals surface area contributed by atoms with E-state index in [0.717, 1.165) is 23.5 Å². The van der Waals surface area contributed by atoms with Crippen molar-refractivity contribution in [2.45, 2.75) is 19.3 Å². The highest BCUT2D eigenvalue weighted by molar-refractivity contribution is 5.57. The number of imidazole rings is 1. The van der Waals surface area contributed by atoms with Gasteiger partial charge in [0.15, 0.2) is 0 Å². The summed E-state index contributed by atoms with van der Waals surface area (Å²) in [5, 5.41) is 8.94. The maximum absolute atomic E-state index is 8.94. The maximum atomic E-state index is 8.94. The first kappa shape index (κ1) is 10.4. The zero-order chi connectivity index (χ0) is 11.4. The van der Waals surface area contributed by atoms with Crippen LogP contribution in [0.5, 0.6) is 0 Å². The van der Waals surface area contributed by atoms with Gasteiger partial charge in [0.05, 0.1) is 18.0 Å². The molecule has 0 aliphatic heterocycles. The average molecular weight is 212 g/mol. The molecule has 2 heterocycles. The molecular weight excluding hydrogens is 200 g/mol. The van der Waals surface area contributed by atoms with Crippen LogP contribution in [-0.4, -0.2) is 15.0 Å². The first-order valence-corrected chi connectivity index (χ1v) is 5.20. The van der Waals surface area contributed by atoms with E-state index in [4.69, 9.17) is 5.26 Å². The van der Waals surface area contributed by atoms with Crippen LogP contribution >= 0.6 is 0 Å². The molecule has 0 bridgehead atoms. The van der Waals surface area contributed by atoms with E-state index in [1.165, 1.54) is 0 Å². The largest absolute Gasteiger partial charge is 0.341 e. The Bertz CT molecular complexity index is 495. The van der Waals surface area contributed by atoms with Crippen molar-refractivity contribution in [1.29, 1.82) is 5.26 Å². The van der Waals surface area contributed by atoms with Gasteiger partial charge in [-0.3, -0.25) is 4.98 Å². The van der Waals surface area contributed by atoms with Gasteiger partial charge in [-0.05, 0) is 18.6 Å². The van der Waals surface area contributed by atoms with Gasteiger partial charge in [0.1, 0.15) is 11.7 Å². The van der Waals surface area contributed by atoms with E-state index in [1.807, 2.05) is 19.1 Å². The van der Waals surface area contributed by atoms with Gasteiger partial charge in [-0.2, -0.15) is 5.26 Å². The Labute approximate surface area is 94.0 Å². The summed E-state index contributed by atoms with van der Waals surface area (Å²) in [4.78, 5) is 11.4. The monoisotopic (exact) mass is 212 g/mol. The van der Waals surface area contributed by atoms with Crippen LogP contribution in [-0.2, 0) is 0 Å². The molecule has 4 heteroatoms. The summed E-state index contributed by atoms with van der Waals surface area (Å²) in [5.74, 6) is 0.576. The summed E-state index contributed by atoms with van der Waals surface area (Å²) < 4.78 is 0. The number of aromatic nitrogens is 3. The highest BCUT2D eigenvalue weighted by Gasteiger charge is 2.12. The lowest BCUT2D eigenvalue weighted by Crippen LogP contribution is -1.95. The first-order valence-electron chi connectivity index (χ1n) is 5.20. The smallest absolute Gasteiger partial charge is 0.123 e. The molecule has 0 aromatic carbocycles. The van der Waals surface area contributed by atoms with Crippen molar-refractivity contribution < 1.29 is 0 Å². The fraction of sp³-hybridized carbons (Fsp3) is 0.250. The molecule has 4 nitrogen and oxygen atoms in total. The summed E-state index contributed by atoms with van der Waals surface area (Å²) in [5.41, 5.74) is 1.95. The minimum atomic E-state index is -0.157. The van der Waals surface area contributed by atoms with Crippen LogP contribution in [0.2, 0.25) is 0 Å². The fourth-order valence-electron chi connectivity index (χ4n) is 1.54. The van der Waals surface area contributed by atoms with Crippen LogP contribution in [0.15, 0.2) is 30.7 Å². The number of hydrogen-bond donors (Lipinski definition) is 1. The molecule has 1 N–H and O–H groups in total. The zero-order valence-electron chi connectivity index (χ0n) is 9.01. The van der Waals surface area contributed by atoms with E-state index >= 15 is 0 Å². The van der Waals surface area contributed by atoms with Crippen LogP contribution in [0.4, 0.5) is 0 Å². The molecule has 0 amide bonds. The summed E-state index contributed by atoms with van der Waals surface area (Å²) in [6.07, 6.45) is 5.99. The summed E-state index contributed by atoms with van der Waals surface area (Å²) in [6, 6.07) is 6.04. The summed E-state index contributed by atoms with van der Waals surface area (Å²) >= 11 is 0. The van der Waals surface area contributed by atoms with E-state index in [-0.39, 0.29) is 5.92 Å². The summed E-state index contributed by atoms with van der Waals surface area (Å²) in [6.45, 7) is 1.97. The van der Waals surface area contributed by atoms with Crippen LogP contribution in [0.3, 0.4) is 0 Å². The lowest BCUT2D eigenvalue weighted by Gasteiger charge is -2.00. The minimum Gasteiger partial charge on any atom is -0.341 e. The molecule has 2 aromatic rings. The van der Waals surface area contributed by atoms with Crippen LogP contribution in [0.25, 0.3) is 11.3 Å². The molecule has 0 fully saturated rings. The molecule has 2 rings (SSSR count). The molecule has 1 unspecified atom stereocenters. The Kier molecular flexibility index (Phi) is 2.97. The van der Waals surface area contributed by atoms with Crippen molar-refractivity contribution >= 4 is 0 Å². The highest BCUT2D eigenvalue weighted by atomic mass is 14.9. The molecule has 80 valence electrons. The third-order valence-corrected chi connectivity index (χ3v) is 2.48. The number of nitrogens with zero attached hydrogens (tertiary/aromatic N) is 3. The van der Waals surface area contributed by atoms with Gasteiger partial charge < -0.3 is 4.98 Å². The number of nitrogens with one attached hydrogen (secondary N) is 1. The molecule has 0 spiro atoms. The van der Waals surface area contributed by atoms with Gasteiger partial charge in [-0.25, -0.2) is 4.98 Å². The second kappa shape index (κ2) is 4.58. The number of rotatable bonds is 3. The van der Waals surface area contributed by atoms with E-state index in [1.54, 1.807) is 18.6 Å². The SMILES string of the molecule is CCC(C#N)c1ncc(-c2ccncc2)[nH]1. The van der Waals surface area contributed by atoms with Gasteiger partial charge in [0, 0.05) is 18.0 Å². The Morgan fingerprint density at radius 3 is 2.81 bits per heavy atom. The van der Waals surface area contributed by atoms with Crippen molar-refractivity contribution in [3.05, 3.63) is 36.5 Å². The first-order chi connectivity index (χ1) is 7.85. The van der Waals surface area contributed by atoms with Crippen molar-refractivity contribution in [3.63, 3.8) is 0 Å². The molecule has 1 atom stereocenters. The normalized spacial score (nSPS) is 12.0. The molecular formula is C12H12N4. The average Bonchev–Trinajstić information content (AvgIpc) is 2.81. The van der Waals surface area contributed by atoms with E-state index in [9.17, 15) is 0 Å². The molecule has 2 aromatic heterocycles. The Balaban J connectivity index is 2.30. The number of H-pyrrole nitrogens is 1. The zero-order valence-corrected chi connectivity index (χ0v) is 9.01. The van der Waals surface area contributed by atoms with Crippen molar-refractivity contribution in [2.75, 3.05) is 0 Å². The lowest BCUT2D eigenvalue weighted by molar-refractivity contribution is 0.766. The van der Waals surface area contributed by atoms with E-state index in [2.05, 4.69) is 21.0 Å². The number of nitriles is 1. The highest BCUT2D eigenvalue weighted by Crippen LogP contribution is 2.20. The molecule has 0 aliphatic carbocycles. The maximum Gasteiger partial charge on any atom is 0.123 e. The van der Waals surface area contributed by atoms with Crippen LogP contribution in [0, 0.1) is 11.3 Å². The minimum absolute atomic E-state index is 0.157. The quantitative estimate of drug-likeness (QED) is 0.850. The molecule has 0 saturated heterocycles. The van der Waals surface area contributed by atoms with Gasteiger partial charge in [-0.15, -0.1) is 0 Å². The lowest BCUT2D eigenvalue weighted by atomic mass is 10.1. The summed E-state index contributed by atoms with van der Waals surface area (Å²) in [7, 11) is 0. The topological polar surface area (TPSA) is 65.4 Å². The number of pyridine rings is 1. The Morgan fingerprint density at radius 1 is 1.44 bits per heavy atom. The Morgan fingerprint density at radius 2 is 2.19 bits per heavy atom. The predicted octanol–water partition coefficient (Wildman–Crippen LogP) is 2.49. The van der Waals surface area contributed by atoms with E-state index < -0.39 is 0 Å². The van der Waals surface area contributed by atoms with Crippen LogP contribution < -0.4 is 0 Å². The molecule has 0 aliphatic rings. The van der Waals surface area contributed by atoms with Gasteiger partial charge in [-0.1, -0.05) is 6.92 Å². The molecule has 0 radical (unpaired) electrons. The van der Waals surface area contributed by atoms with Gasteiger partial charge in [0.25, 0.3) is 0 Å². The van der Waals surface area contributed by atoms with Crippen LogP contribution in [0.1, 0.15) is 25.1 Å². The third kappa shape index (κ3) is 1.94. The Hall–Kier alpha value is -2.15. The fourth-order valence-corrected chi connectivity index (χ4v) is 1.54. The van der Waals surface area contributed by atoms with Crippen molar-refractivity contribution in [3.8, 4) is 17.3 Å². The number of aromatic amines is 1. The van der Waals surface area contributed by atoms with E-state index in [0.29, 0.717) is 0 Å². The molecule has 0 saturated carbocycles. The predicted molar refractivity (Wildman–Crippen MR) is 60.5 cm³/mol. The number of hydrogen-bond acceptors (Lipinski definition) is 3. The van der Waals surface area contributed by atoms with Crippen molar-refractivity contribution in [2.24, 2.45) is 0 Å². The third-order valence-electron chi connectivity index (χ3n) is 2.48. The second-order valence-electron chi connectivity index (χ2n) is 3.51. The second-order valence-corrected chi connectivity index (χ2v) is 3.51. The standard InChI is InChI=1S/C12H12N4/c1-2-9(7-13)12-15-8-11(16-12)10-3-5-14-6-4-10/h3-6,8-9H,2H2,1H3,(H,15,16). The van der Waals surface area contributed by atoms with Crippen molar-refractivity contribution in [1.82, 2.24) is 15.0 Å². The van der Waals surface area contributed by atoms with Gasteiger partial charge in [0.2, 0.25) is 0 Å².